The fourth-order valence-electron chi connectivity index (χ4n) is 1.05. The normalized spacial score (nSPS) is 14.9. The first-order chi connectivity index (χ1) is 8.01. The van der Waals surface area contributed by atoms with Crippen molar-refractivity contribution in [3.63, 3.8) is 0 Å². The zero-order chi connectivity index (χ0) is 14.1. The van der Waals surface area contributed by atoms with Gasteiger partial charge in [0.05, 0.1) is 6.54 Å². The van der Waals surface area contributed by atoms with E-state index in [1.165, 1.54) is 6.07 Å². The lowest BCUT2D eigenvalue weighted by Gasteiger charge is -2.23. The molecule has 1 aromatic heterocycles. The van der Waals surface area contributed by atoms with E-state index in [-0.39, 0.29) is 11.0 Å². The molecule has 0 radical (unpaired) electrons. The number of thiophene rings is 1. The number of rotatable bonds is 3. The van der Waals surface area contributed by atoms with Crippen molar-refractivity contribution in [3.05, 3.63) is 20.3 Å². The molecular weight excluding hydrogens is 351 g/mol. The highest BCUT2D eigenvalue weighted by atomic mass is 79.9. The highest BCUT2D eigenvalue weighted by molar-refractivity contribution is 9.10. The van der Waals surface area contributed by atoms with Crippen LogP contribution in [0.3, 0.4) is 0 Å². The van der Waals surface area contributed by atoms with Gasteiger partial charge in [0.25, 0.3) is 0 Å². The predicted octanol–water partition coefficient (Wildman–Crippen LogP) is 4.08. The minimum atomic E-state index is -4.36. The predicted molar refractivity (Wildman–Crippen MR) is 71.8 cm³/mol. The molecule has 1 heterocycles. The van der Waals surface area contributed by atoms with E-state index in [1.807, 2.05) is 0 Å². The van der Waals surface area contributed by atoms with Gasteiger partial charge in [0.15, 0.2) is 0 Å². The van der Waals surface area contributed by atoms with Crippen molar-refractivity contribution in [2.75, 3.05) is 0 Å². The minimum Gasteiger partial charge on any atom is -0.598 e. The zero-order valence-corrected chi connectivity index (χ0v) is 13.2. The molecule has 18 heavy (non-hydrogen) atoms. The van der Waals surface area contributed by atoms with Gasteiger partial charge in [-0.25, -0.2) is 0 Å². The van der Waals surface area contributed by atoms with Gasteiger partial charge in [-0.05, 0) is 42.8 Å². The largest absolute Gasteiger partial charge is 0.598 e. The maximum absolute atomic E-state index is 12.6. The monoisotopic (exact) mass is 363 g/mol. The van der Waals surface area contributed by atoms with Crippen molar-refractivity contribution in [3.8, 4) is 0 Å². The number of alkyl halides is 3. The first-order valence-corrected chi connectivity index (χ1v) is 7.78. The van der Waals surface area contributed by atoms with Crippen molar-refractivity contribution in [1.82, 2.24) is 4.72 Å². The molecular formula is C10H13BrF3NOS2. The summed E-state index contributed by atoms with van der Waals surface area (Å²) in [5.41, 5.74) is 0. The van der Waals surface area contributed by atoms with Gasteiger partial charge in [0.1, 0.15) is 9.62 Å². The van der Waals surface area contributed by atoms with E-state index in [0.29, 0.717) is 16.2 Å². The molecule has 0 aliphatic carbocycles. The molecule has 104 valence electrons. The van der Waals surface area contributed by atoms with Gasteiger partial charge in [-0.1, -0.05) is 0 Å². The second kappa shape index (κ2) is 5.70. The Bertz CT molecular complexity index is 414. The summed E-state index contributed by atoms with van der Waals surface area (Å²) in [7, 11) is 0. The van der Waals surface area contributed by atoms with Crippen LogP contribution in [0.1, 0.15) is 30.5 Å². The van der Waals surface area contributed by atoms with Crippen molar-refractivity contribution in [2.24, 2.45) is 0 Å². The van der Waals surface area contributed by atoms with E-state index >= 15 is 0 Å². The van der Waals surface area contributed by atoms with Crippen molar-refractivity contribution in [2.45, 2.75) is 38.2 Å². The molecule has 1 N–H and O–H groups in total. The lowest BCUT2D eigenvalue weighted by Crippen LogP contribution is -2.38. The molecule has 0 amide bonds. The Morgan fingerprint density at radius 3 is 2.33 bits per heavy atom. The van der Waals surface area contributed by atoms with Crippen LogP contribution >= 0.6 is 27.3 Å². The summed E-state index contributed by atoms with van der Waals surface area (Å²) in [6.45, 7) is 5.54. The van der Waals surface area contributed by atoms with Crippen LogP contribution in [0.4, 0.5) is 13.2 Å². The van der Waals surface area contributed by atoms with Gasteiger partial charge in [-0.15, -0.1) is 16.1 Å². The third kappa shape index (κ3) is 4.41. The summed E-state index contributed by atoms with van der Waals surface area (Å²) < 4.78 is 51.7. The number of nitrogens with one attached hydrogen (secondary N) is 1. The van der Waals surface area contributed by atoms with Crippen molar-refractivity contribution < 1.29 is 17.7 Å². The molecule has 1 aromatic rings. The Hall–Kier alpha value is 0.240. The van der Waals surface area contributed by atoms with Crippen molar-refractivity contribution >= 4 is 38.6 Å². The third-order valence-electron chi connectivity index (χ3n) is 1.93. The SMILES string of the molecule is CC(C)(C)[S+]([O-])NCc1cc(Br)c(C(F)(F)F)s1. The molecule has 0 fully saturated rings. The summed E-state index contributed by atoms with van der Waals surface area (Å²) in [5, 5.41) is 0. The first-order valence-electron chi connectivity index (χ1n) is 5.02. The summed E-state index contributed by atoms with van der Waals surface area (Å²) in [6, 6.07) is 1.40. The number of hydrogen-bond donors (Lipinski definition) is 1. The molecule has 2 nitrogen and oxygen atoms in total. The maximum atomic E-state index is 12.6. The number of halogens is 4. The standard InChI is InChI=1S/C10H13BrF3NOS2/c1-9(2,3)18(16)15-5-6-4-7(11)8(17-6)10(12,13)14/h4,15H,5H2,1-3H3. The highest BCUT2D eigenvalue weighted by Gasteiger charge is 2.35. The summed E-state index contributed by atoms with van der Waals surface area (Å²) in [4.78, 5) is -0.173. The number of hydrogen-bond acceptors (Lipinski definition) is 3. The Morgan fingerprint density at radius 1 is 1.39 bits per heavy atom. The molecule has 1 rings (SSSR count). The quantitative estimate of drug-likeness (QED) is 0.821. The Balaban J connectivity index is 2.71. The highest BCUT2D eigenvalue weighted by Crippen LogP contribution is 2.40. The fourth-order valence-corrected chi connectivity index (χ4v) is 3.61. The topological polar surface area (TPSA) is 35.1 Å². The molecule has 0 aliphatic rings. The molecule has 0 saturated heterocycles. The van der Waals surface area contributed by atoms with E-state index in [2.05, 4.69) is 20.7 Å². The van der Waals surface area contributed by atoms with Crippen LogP contribution in [0.15, 0.2) is 10.5 Å². The molecule has 0 aliphatic heterocycles. The molecule has 1 atom stereocenters. The van der Waals surface area contributed by atoms with E-state index in [9.17, 15) is 17.7 Å². The maximum Gasteiger partial charge on any atom is 0.426 e. The molecule has 1 unspecified atom stereocenters. The fraction of sp³-hybridized carbons (Fsp3) is 0.600. The van der Waals surface area contributed by atoms with Crippen LogP contribution in [-0.2, 0) is 24.1 Å². The van der Waals surface area contributed by atoms with Crippen LogP contribution in [0, 0.1) is 0 Å². The summed E-state index contributed by atoms with van der Waals surface area (Å²) >= 11 is 2.24. The van der Waals surface area contributed by atoms with E-state index < -0.39 is 27.2 Å². The van der Waals surface area contributed by atoms with E-state index in [4.69, 9.17) is 0 Å². The first kappa shape index (κ1) is 16.3. The van der Waals surface area contributed by atoms with Gasteiger partial charge >= 0.3 is 6.18 Å². The van der Waals surface area contributed by atoms with Crippen LogP contribution in [0.25, 0.3) is 0 Å². The summed E-state index contributed by atoms with van der Waals surface area (Å²) in [6.07, 6.45) is -4.36. The van der Waals surface area contributed by atoms with Gasteiger partial charge in [0, 0.05) is 20.7 Å². The van der Waals surface area contributed by atoms with Gasteiger partial charge < -0.3 is 4.55 Å². The van der Waals surface area contributed by atoms with Gasteiger partial charge in [0.2, 0.25) is 0 Å². The average molecular weight is 364 g/mol. The molecule has 0 aromatic carbocycles. The van der Waals surface area contributed by atoms with Crippen LogP contribution in [0.5, 0.6) is 0 Å². The van der Waals surface area contributed by atoms with Crippen LogP contribution in [-0.4, -0.2) is 9.30 Å². The Kier molecular flexibility index (Phi) is 5.16. The second-order valence-corrected chi connectivity index (χ2v) is 8.63. The van der Waals surface area contributed by atoms with Gasteiger partial charge in [-0.2, -0.15) is 13.2 Å². The third-order valence-corrected chi connectivity index (χ3v) is 5.52. The minimum absolute atomic E-state index is 0.0262. The molecule has 8 heteroatoms. The van der Waals surface area contributed by atoms with Crippen molar-refractivity contribution in [1.29, 1.82) is 0 Å². The van der Waals surface area contributed by atoms with Crippen LogP contribution in [0.2, 0.25) is 0 Å². The lowest BCUT2D eigenvalue weighted by atomic mass is 10.3. The van der Waals surface area contributed by atoms with Crippen LogP contribution < -0.4 is 4.72 Å². The smallest absolute Gasteiger partial charge is 0.426 e. The summed E-state index contributed by atoms with van der Waals surface area (Å²) in [5.74, 6) is 0. The average Bonchev–Trinajstić information content (AvgIpc) is 2.54. The van der Waals surface area contributed by atoms with E-state index in [0.717, 1.165) is 0 Å². The molecule has 0 spiro atoms. The zero-order valence-electron chi connectivity index (χ0n) is 10.0. The Labute approximate surface area is 119 Å². The van der Waals surface area contributed by atoms with Gasteiger partial charge in [-0.3, -0.25) is 0 Å². The lowest BCUT2D eigenvalue weighted by molar-refractivity contribution is -0.134. The Morgan fingerprint density at radius 2 is 1.94 bits per heavy atom. The molecule has 0 bridgehead atoms. The molecule has 0 saturated carbocycles. The second-order valence-electron chi connectivity index (χ2n) is 4.59. The van der Waals surface area contributed by atoms with E-state index in [1.54, 1.807) is 20.8 Å².